The molecule has 1 N–H and O–H groups in total. The second-order valence-corrected chi connectivity index (χ2v) is 7.11. The summed E-state index contributed by atoms with van der Waals surface area (Å²) in [5.41, 5.74) is 1.46. The first kappa shape index (κ1) is 16.5. The summed E-state index contributed by atoms with van der Waals surface area (Å²) in [5, 5.41) is 3.67. The third kappa shape index (κ3) is 5.43. The fraction of sp³-hybridized carbons (Fsp3) is 0.737. The van der Waals surface area contributed by atoms with E-state index >= 15 is 0 Å². The maximum atomic E-state index is 4.15. The number of nitrogens with zero attached hydrogens (tertiary/aromatic N) is 1. The van der Waals surface area contributed by atoms with Crippen LogP contribution in [0.5, 0.6) is 0 Å². The molecular formula is C19H32N2. The number of hydrogen-bond acceptors (Lipinski definition) is 2. The average molecular weight is 288 g/mol. The monoisotopic (exact) mass is 288 g/mol. The zero-order valence-corrected chi connectivity index (χ0v) is 14.0. The van der Waals surface area contributed by atoms with Crippen molar-refractivity contribution in [1.29, 1.82) is 0 Å². The smallest absolute Gasteiger partial charge is 0.0270 e. The molecule has 2 rings (SSSR count). The van der Waals surface area contributed by atoms with Crippen LogP contribution in [0.4, 0.5) is 0 Å². The van der Waals surface area contributed by atoms with Crippen molar-refractivity contribution in [2.45, 2.75) is 65.3 Å². The summed E-state index contributed by atoms with van der Waals surface area (Å²) >= 11 is 0. The van der Waals surface area contributed by atoms with Crippen molar-refractivity contribution < 1.29 is 0 Å². The van der Waals surface area contributed by atoms with Gasteiger partial charge in [-0.15, -0.1) is 0 Å². The van der Waals surface area contributed by atoms with Crippen molar-refractivity contribution in [3.05, 3.63) is 30.1 Å². The highest BCUT2D eigenvalue weighted by molar-refractivity contribution is 5.11. The fourth-order valence-electron chi connectivity index (χ4n) is 3.82. The Morgan fingerprint density at radius 2 is 1.95 bits per heavy atom. The predicted octanol–water partition coefficient (Wildman–Crippen LogP) is 4.45. The van der Waals surface area contributed by atoms with Crippen molar-refractivity contribution in [2.24, 2.45) is 17.8 Å². The second kappa shape index (κ2) is 8.53. The van der Waals surface area contributed by atoms with Crippen molar-refractivity contribution in [3.63, 3.8) is 0 Å². The van der Waals surface area contributed by atoms with Gasteiger partial charge in [-0.1, -0.05) is 40.0 Å². The van der Waals surface area contributed by atoms with Gasteiger partial charge in [0.05, 0.1) is 0 Å². The van der Waals surface area contributed by atoms with Gasteiger partial charge in [0.1, 0.15) is 0 Å². The Kier molecular flexibility index (Phi) is 6.69. The van der Waals surface area contributed by atoms with E-state index in [-0.39, 0.29) is 0 Å². The minimum atomic E-state index is 0.597. The molecule has 0 spiro atoms. The zero-order chi connectivity index (χ0) is 15.1. The number of pyridine rings is 1. The third-order valence-corrected chi connectivity index (χ3v) is 4.98. The predicted molar refractivity (Wildman–Crippen MR) is 90.3 cm³/mol. The van der Waals surface area contributed by atoms with Crippen LogP contribution in [0.1, 0.15) is 58.4 Å². The van der Waals surface area contributed by atoms with Crippen LogP contribution in [0.25, 0.3) is 0 Å². The van der Waals surface area contributed by atoms with Gasteiger partial charge in [-0.2, -0.15) is 0 Å². The number of hydrogen-bond donors (Lipinski definition) is 1. The zero-order valence-electron chi connectivity index (χ0n) is 14.0. The summed E-state index contributed by atoms with van der Waals surface area (Å²) in [4.78, 5) is 4.15. The molecule has 0 saturated heterocycles. The highest BCUT2D eigenvalue weighted by Gasteiger charge is 2.30. The third-order valence-electron chi connectivity index (χ3n) is 4.98. The van der Waals surface area contributed by atoms with E-state index in [1.54, 1.807) is 0 Å². The van der Waals surface area contributed by atoms with Crippen LogP contribution in [-0.2, 0) is 6.42 Å². The van der Waals surface area contributed by atoms with Gasteiger partial charge in [-0.25, -0.2) is 0 Å². The molecule has 3 atom stereocenters. The molecular weight excluding hydrogens is 256 g/mol. The molecule has 0 aromatic carbocycles. The Bertz CT molecular complexity index is 388. The SMILES string of the molecule is CCCC1CCC(CNC(C)C)C(Cc2ccncc2)C1. The molecule has 1 aromatic heterocycles. The summed E-state index contributed by atoms with van der Waals surface area (Å²) in [6.45, 7) is 8.01. The van der Waals surface area contributed by atoms with Crippen LogP contribution in [0, 0.1) is 17.8 Å². The van der Waals surface area contributed by atoms with Gasteiger partial charge in [0.25, 0.3) is 0 Å². The van der Waals surface area contributed by atoms with E-state index in [0.717, 1.165) is 17.8 Å². The average Bonchev–Trinajstić information content (AvgIpc) is 2.48. The summed E-state index contributed by atoms with van der Waals surface area (Å²) in [5.74, 6) is 2.63. The first-order valence-corrected chi connectivity index (χ1v) is 8.81. The molecule has 1 aromatic rings. The quantitative estimate of drug-likeness (QED) is 0.801. The molecule has 3 unspecified atom stereocenters. The highest BCUT2D eigenvalue weighted by atomic mass is 14.9. The lowest BCUT2D eigenvalue weighted by Gasteiger charge is -2.37. The molecule has 2 heteroatoms. The minimum absolute atomic E-state index is 0.597. The van der Waals surface area contributed by atoms with Crippen molar-refractivity contribution >= 4 is 0 Å². The van der Waals surface area contributed by atoms with Gasteiger partial charge in [0.2, 0.25) is 0 Å². The lowest BCUT2D eigenvalue weighted by Crippen LogP contribution is -2.36. The van der Waals surface area contributed by atoms with E-state index in [0.29, 0.717) is 6.04 Å². The van der Waals surface area contributed by atoms with E-state index in [2.05, 4.69) is 43.2 Å². The van der Waals surface area contributed by atoms with E-state index in [9.17, 15) is 0 Å². The van der Waals surface area contributed by atoms with Crippen molar-refractivity contribution in [1.82, 2.24) is 10.3 Å². The molecule has 1 fully saturated rings. The number of nitrogens with one attached hydrogen (secondary N) is 1. The first-order valence-electron chi connectivity index (χ1n) is 8.81. The normalized spacial score (nSPS) is 26.2. The largest absolute Gasteiger partial charge is 0.314 e. The second-order valence-electron chi connectivity index (χ2n) is 7.11. The van der Waals surface area contributed by atoms with Gasteiger partial charge in [-0.05, 0) is 61.3 Å². The molecule has 0 bridgehead atoms. The molecule has 0 aliphatic heterocycles. The van der Waals surface area contributed by atoms with E-state index in [4.69, 9.17) is 0 Å². The fourth-order valence-corrected chi connectivity index (χ4v) is 3.82. The maximum Gasteiger partial charge on any atom is 0.0270 e. The highest BCUT2D eigenvalue weighted by Crippen LogP contribution is 2.37. The molecule has 1 aliphatic carbocycles. The Morgan fingerprint density at radius 1 is 1.19 bits per heavy atom. The summed E-state index contributed by atoms with van der Waals surface area (Å²) in [7, 11) is 0. The first-order chi connectivity index (χ1) is 10.2. The Hall–Kier alpha value is -0.890. The topological polar surface area (TPSA) is 24.9 Å². The van der Waals surface area contributed by atoms with Gasteiger partial charge in [0.15, 0.2) is 0 Å². The van der Waals surface area contributed by atoms with Crippen LogP contribution >= 0.6 is 0 Å². The minimum Gasteiger partial charge on any atom is -0.314 e. The van der Waals surface area contributed by atoms with Crippen LogP contribution in [0.3, 0.4) is 0 Å². The Balaban J connectivity index is 1.97. The van der Waals surface area contributed by atoms with Crippen LogP contribution in [-0.4, -0.2) is 17.6 Å². The number of rotatable bonds is 7. The molecule has 0 radical (unpaired) electrons. The van der Waals surface area contributed by atoms with Crippen molar-refractivity contribution in [2.75, 3.05) is 6.54 Å². The molecule has 0 amide bonds. The Labute approximate surface area is 130 Å². The van der Waals surface area contributed by atoms with Gasteiger partial charge < -0.3 is 5.32 Å². The van der Waals surface area contributed by atoms with E-state index in [1.807, 2.05) is 12.4 Å². The summed E-state index contributed by atoms with van der Waals surface area (Å²) < 4.78 is 0. The molecule has 1 aliphatic rings. The van der Waals surface area contributed by atoms with Crippen LogP contribution < -0.4 is 5.32 Å². The van der Waals surface area contributed by atoms with Crippen LogP contribution in [0.2, 0.25) is 0 Å². The maximum absolute atomic E-state index is 4.15. The summed E-state index contributed by atoms with van der Waals surface area (Å²) in [6, 6.07) is 4.98. The van der Waals surface area contributed by atoms with Crippen molar-refractivity contribution in [3.8, 4) is 0 Å². The molecule has 118 valence electrons. The van der Waals surface area contributed by atoms with Crippen LogP contribution in [0.15, 0.2) is 24.5 Å². The van der Waals surface area contributed by atoms with E-state index in [1.165, 1.54) is 50.6 Å². The van der Waals surface area contributed by atoms with Gasteiger partial charge in [0, 0.05) is 18.4 Å². The number of aromatic nitrogens is 1. The Morgan fingerprint density at radius 3 is 2.62 bits per heavy atom. The summed E-state index contributed by atoms with van der Waals surface area (Å²) in [6.07, 6.45) is 12.1. The van der Waals surface area contributed by atoms with Gasteiger partial charge in [-0.3, -0.25) is 4.98 Å². The standard InChI is InChI=1S/C19H32N2/c1-4-5-16-6-7-18(14-21-15(2)3)19(12-16)13-17-8-10-20-11-9-17/h8-11,15-16,18-19,21H,4-7,12-14H2,1-3H3. The van der Waals surface area contributed by atoms with Gasteiger partial charge >= 0.3 is 0 Å². The molecule has 1 heterocycles. The molecule has 1 saturated carbocycles. The molecule has 21 heavy (non-hydrogen) atoms. The lowest BCUT2D eigenvalue weighted by molar-refractivity contribution is 0.165. The molecule has 2 nitrogen and oxygen atoms in total. The lowest BCUT2D eigenvalue weighted by atomic mass is 9.70. The van der Waals surface area contributed by atoms with E-state index < -0.39 is 0 Å².